The van der Waals surface area contributed by atoms with Gasteiger partial charge in [-0.05, 0) is 63.5 Å². The van der Waals surface area contributed by atoms with E-state index in [0.29, 0.717) is 17.7 Å². The zero-order chi connectivity index (χ0) is 17.7. The number of primary amides is 1. The van der Waals surface area contributed by atoms with E-state index < -0.39 is 0 Å². The van der Waals surface area contributed by atoms with Crippen molar-refractivity contribution in [2.24, 2.45) is 15.7 Å². The van der Waals surface area contributed by atoms with E-state index in [2.05, 4.69) is 22.8 Å². The molecule has 0 spiro atoms. The summed E-state index contributed by atoms with van der Waals surface area (Å²) in [6, 6.07) is 0.641. The Labute approximate surface area is 153 Å². The van der Waals surface area contributed by atoms with Crippen LogP contribution in [0.3, 0.4) is 0 Å². The number of nitrogens with one attached hydrogen (secondary N) is 2. The second-order valence-electron chi connectivity index (χ2n) is 7.92. The lowest BCUT2D eigenvalue weighted by molar-refractivity contribution is -0.114. The zero-order valence-electron chi connectivity index (χ0n) is 14.9. The molecule has 0 aliphatic carbocycles. The average Bonchev–Trinajstić information content (AvgIpc) is 3.36. The smallest absolute Gasteiger partial charge is 0.248 e. The van der Waals surface area contributed by atoms with Gasteiger partial charge < -0.3 is 16.4 Å². The molecular weight excluding hydrogens is 326 g/mol. The van der Waals surface area contributed by atoms with Gasteiger partial charge in [0.15, 0.2) is 0 Å². The molecule has 2 fully saturated rings. The lowest BCUT2D eigenvalue weighted by atomic mass is 10.0. The van der Waals surface area contributed by atoms with E-state index in [9.17, 15) is 4.79 Å². The quantitative estimate of drug-likeness (QED) is 0.673. The molecule has 2 saturated heterocycles. The summed E-state index contributed by atoms with van der Waals surface area (Å²) < 4.78 is 0. The standard InChI is InChI=1S/C20H25N5O/c21-20(26)19-17-6-4-14(24-17)10-12-2-1-11(22-12)9-13-3-5-15(23-13)16-7-8-18(19)25-16/h9-10,15-16,18,22,25H,1-8H2,(H2,21,26). The van der Waals surface area contributed by atoms with Crippen LogP contribution >= 0.6 is 0 Å². The molecule has 6 nitrogen and oxygen atoms in total. The Balaban J connectivity index is 1.58. The Morgan fingerprint density at radius 3 is 2.62 bits per heavy atom. The number of carbonyl (C=O) groups excluding carboxylic acids is 1. The number of rotatable bonds is 1. The van der Waals surface area contributed by atoms with E-state index >= 15 is 0 Å². The summed E-state index contributed by atoms with van der Waals surface area (Å²) in [5.41, 5.74) is 12.0. The van der Waals surface area contributed by atoms with Crippen molar-refractivity contribution in [3.63, 3.8) is 0 Å². The maximum atomic E-state index is 12.2. The fourth-order valence-electron chi connectivity index (χ4n) is 4.91. The van der Waals surface area contributed by atoms with E-state index in [1.165, 1.54) is 17.1 Å². The van der Waals surface area contributed by atoms with Crippen molar-refractivity contribution in [3.05, 3.63) is 34.8 Å². The molecule has 5 aliphatic rings. The minimum atomic E-state index is -0.335. The molecule has 0 saturated carbocycles. The van der Waals surface area contributed by atoms with Crippen LogP contribution in [-0.4, -0.2) is 35.5 Å². The number of nitrogens with zero attached hydrogens (tertiary/aromatic N) is 2. The van der Waals surface area contributed by atoms with Crippen LogP contribution in [0.1, 0.15) is 51.4 Å². The third kappa shape index (κ3) is 2.82. The topological polar surface area (TPSA) is 91.9 Å². The molecule has 6 heteroatoms. The summed E-state index contributed by atoms with van der Waals surface area (Å²) in [5, 5.41) is 7.18. The van der Waals surface area contributed by atoms with Gasteiger partial charge in [-0.25, -0.2) is 0 Å². The van der Waals surface area contributed by atoms with E-state index in [1.54, 1.807) is 0 Å². The summed E-state index contributed by atoms with van der Waals surface area (Å²) >= 11 is 0. The van der Waals surface area contributed by atoms with Gasteiger partial charge in [0.2, 0.25) is 5.91 Å². The Morgan fingerprint density at radius 1 is 1.00 bits per heavy atom. The lowest BCUT2D eigenvalue weighted by Gasteiger charge is -2.19. The van der Waals surface area contributed by atoms with Crippen molar-refractivity contribution >= 4 is 17.3 Å². The van der Waals surface area contributed by atoms with Gasteiger partial charge in [-0.15, -0.1) is 0 Å². The maximum absolute atomic E-state index is 12.2. The molecular formula is C20H25N5O. The number of fused-ring (bicyclic) bond motifs is 7. The predicted octanol–water partition coefficient (Wildman–Crippen LogP) is 1.85. The van der Waals surface area contributed by atoms with Crippen molar-refractivity contribution in [2.45, 2.75) is 69.5 Å². The molecule has 3 unspecified atom stereocenters. The molecule has 3 atom stereocenters. The third-order valence-corrected chi connectivity index (χ3v) is 6.16. The van der Waals surface area contributed by atoms with E-state index in [0.717, 1.165) is 62.8 Å². The van der Waals surface area contributed by atoms with E-state index in [1.807, 2.05) is 0 Å². The second-order valence-corrected chi connectivity index (χ2v) is 7.92. The Hall–Kier alpha value is -2.21. The van der Waals surface area contributed by atoms with Crippen molar-refractivity contribution in [3.8, 4) is 0 Å². The average molecular weight is 351 g/mol. The number of carbonyl (C=O) groups is 1. The highest BCUT2D eigenvalue weighted by Gasteiger charge is 2.36. The van der Waals surface area contributed by atoms with Crippen LogP contribution in [0.5, 0.6) is 0 Å². The largest absolute Gasteiger partial charge is 0.366 e. The van der Waals surface area contributed by atoms with Crippen LogP contribution in [-0.2, 0) is 4.79 Å². The van der Waals surface area contributed by atoms with Gasteiger partial charge in [0.05, 0.1) is 17.3 Å². The molecule has 26 heavy (non-hydrogen) atoms. The molecule has 4 N–H and O–H groups in total. The minimum absolute atomic E-state index is 0.0144. The number of hydrogen-bond acceptors (Lipinski definition) is 5. The number of hydrogen-bond donors (Lipinski definition) is 3. The molecule has 5 heterocycles. The maximum Gasteiger partial charge on any atom is 0.248 e. The highest BCUT2D eigenvalue weighted by Crippen LogP contribution is 2.32. The Morgan fingerprint density at radius 2 is 1.81 bits per heavy atom. The minimum Gasteiger partial charge on any atom is -0.366 e. The van der Waals surface area contributed by atoms with Crippen LogP contribution in [0.15, 0.2) is 44.8 Å². The summed E-state index contributed by atoms with van der Waals surface area (Å²) in [7, 11) is 0. The fourth-order valence-corrected chi connectivity index (χ4v) is 4.91. The summed E-state index contributed by atoms with van der Waals surface area (Å²) in [5.74, 6) is -0.335. The number of aliphatic imine (C=N–C) groups is 2. The van der Waals surface area contributed by atoms with Gasteiger partial charge >= 0.3 is 0 Å². The number of allylic oxidation sites excluding steroid dienone is 5. The van der Waals surface area contributed by atoms with Gasteiger partial charge in [-0.2, -0.15) is 0 Å². The van der Waals surface area contributed by atoms with Crippen LogP contribution in [0.4, 0.5) is 0 Å². The zero-order valence-corrected chi connectivity index (χ0v) is 14.9. The van der Waals surface area contributed by atoms with Crippen molar-refractivity contribution < 1.29 is 4.79 Å². The first kappa shape index (κ1) is 16.0. The monoisotopic (exact) mass is 351 g/mol. The molecule has 5 aliphatic heterocycles. The molecule has 0 aromatic rings. The third-order valence-electron chi connectivity index (χ3n) is 6.16. The molecule has 8 bridgehead atoms. The first-order chi connectivity index (χ1) is 12.7. The van der Waals surface area contributed by atoms with E-state index in [-0.39, 0.29) is 11.9 Å². The number of nitrogens with two attached hydrogens (primary N) is 1. The van der Waals surface area contributed by atoms with Gasteiger partial charge in [-0.1, -0.05) is 0 Å². The van der Waals surface area contributed by atoms with Crippen molar-refractivity contribution in [1.82, 2.24) is 10.6 Å². The fraction of sp³-hybridized carbons (Fsp3) is 0.550. The van der Waals surface area contributed by atoms with Crippen LogP contribution < -0.4 is 16.4 Å². The normalized spacial score (nSPS) is 33.0. The Bertz CT molecular complexity index is 816. The van der Waals surface area contributed by atoms with E-state index in [4.69, 9.17) is 15.7 Å². The molecule has 0 radical (unpaired) electrons. The number of amides is 1. The predicted molar refractivity (Wildman–Crippen MR) is 102 cm³/mol. The lowest BCUT2D eigenvalue weighted by Crippen LogP contribution is -2.40. The molecule has 136 valence electrons. The SMILES string of the molecule is NC(=O)C1=C2CCC(=N2)C=C2CCC(=CC3=NC(CC3)C3CCC1N3)N2. The van der Waals surface area contributed by atoms with Crippen LogP contribution in [0, 0.1) is 0 Å². The Kier molecular flexibility index (Phi) is 3.81. The van der Waals surface area contributed by atoms with Crippen molar-refractivity contribution in [1.29, 1.82) is 0 Å². The highest BCUT2D eigenvalue weighted by molar-refractivity contribution is 6.01. The summed E-state index contributed by atoms with van der Waals surface area (Å²) in [4.78, 5) is 21.9. The van der Waals surface area contributed by atoms with Crippen LogP contribution in [0.25, 0.3) is 0 Å². The second kappa shape index (κ2) is 6.20. The molecule has 5 rings (SSSR count). The van der Waals surface area contributed by atoms with Gasteiger partial charge in [0.25, 0.3) is 0 Å². The van der Waals surface area contributed by atoms with Gasteiger partial charge in [-0.3, -0.25) is 14.8 Å². The summed E-state index contributed by atoms with van der Waals surface area (Å²) in [6.45, 7) is 0. The molecule has 0 aromatic carbocycles. The highest BCUT2D eigenvalue weighted by atomic mass is 16.1. The summed E-state index contributed by atoms with van der Waals surface area (Å²) in [6.07, 6.45) is 12.2. The van der Waals surface area contributed by atoms with Crippen LogP contribution in [0.2, 0.25) is 0 Å². The molecule has 0 aromatic heterocycles. The first-order valence-corrected chi connectivity index (χ1v) is 9.77. The van der Waals surface area contributed by atoms with Gasteiger partial charge in [0, 0.05) is 34.9 Å². The van der Waals surface area contributed by atoms with Crippen molar-refractivity contribution in [2.75, 3.05) is 0 Å². The van der Waals surface area contributed by atoms with Gasteiger partial charge in [0.1, 0.15) is 0 Å². The molecule has 1 amide bonds. The first-order valence-electron chi connectivity index (χ1n) is 9.77.